The zero-order valence-electron chi connectivity index (χ0n) is 10.9. The predicted molar refractivity (Wildman–Crippen MR) is 70.4 cm³/mol. The van der Waals surface area contributed by atoms with E-state index in [2.05, 4.69) is 10.6 Å². The third-order valence-electron chi connectivity index (χ3n) is 2.98. The standard InChI is InChI=1S/C14H18N2O3/c1-19-14(18)13(10-5-3-2-4-6-10)15-9-12(17)16-11-7-8-11/h2-6,11,13,15H,7-9H2,1H3,(H,16,17). The van der Waals surface area contributed by atoms with Crippen LogP contribution in [0.3, 0.4) is 0 Å². The molecule has 0 spiro atoms. The molecule has 2 N–H and O–H groups in total. The molecular formula is C14H18N2O3. The SMILES string of the molecule is COC(=O)C(NCC(=O)NC1CC1)c1ccccc1. The van der Waals surface area contributed by atoms with Crippen LogP contribution in [0.15, 0.2) is 30.3 Å². The third kappa shape index (κ3) is 4.06. The summed E-state index contributed by atoms with van der Waals surface area (Å²) in [5, 5.41) is 5.80. The molecule has 0 radical (unpaired) electrons. The van der Waals surface area contributed by atoms with Crippen molar-refractivity contribution in [2.75, 3.05) is 13.7 Å². The van der Waals surface area contributed by atoms with Crippen LogP contribution in [-0.2, 0) is 14.3 Å². The Morgan fingerprint density at radius 2 is 2.00 bits per heavy atom. The molecule has 1 aromatic carbocycles. The smallest absolute Gasteiger partial charge is 0.327 e. The van der Waals surface area contributed by atoms with Gasteiger partial charge in [0.15, 0.2) is 0 Å². The van der Waals surface area contributed by atoms with Gasteiger partial charge in [0.25, 0.3) is 0 Å². The van der Waals surface area contributed by atoms with Crippen LogP contribution in [0.5, 0.6) is 0 Å². The summed E-state index contributed by atoms with van der Waals surface area (Å²) in [7, 11) is 1.34. The molecule has 1 saturated carbocycles. The van der Waals surface area contributed by atoms with Gasteiger partial charge in [-0.15, -0.1) is 0 Å². The second-order valence-electron chi connectivity index (χ2n) is 4.59. The first-order valence-corrected chi connectivity index (χ1v) is 6.36. The van der Waals surface area contributed by atoms with Crippen molar-refractivity contribution in [3.05, 3.63) is 35.9 Å². The van der Waals surface area contributed by atoms with E-state index in [-0.39, 0.29) is 12.5 Å². The molecule has 1 aliphatic rings. The summed E-state index contributed by atoms with van der Waals surface area (Å²) in [6.45, 7) is 0.102. The zero-order valence-corrected chi connectivity index (χ0v) is 10.9. The van der Waals surface area contributed by atoms with Gasteiger partial charge in [-0.3, -0.25) is 10.1 Å². The Kier molecular flexibility index (Phi) is 4.52. The Morgan fingerprint density at radius 3 is 2.58 bits per heavy atom. The number of nitrogens with one attached hydrogen (secondary N) is 2. The number of methoxy groups -OCH3 is 1. The maximum atomic E-state index is 11.7. The number of hydrogen-bond donors (Lipinski definition) is 2. The van der Waals surface area contributed by atoms with E-state index < -0.39 is 12.0 Å². The number of ether oxygens (including phenoxy) is 1. The third-order valence-corrected chi connectivity index (χ3v) is 2.98. The highest BCUT2D eigenvalue weighted by Gasteiger charge is 2.25. The van der Waals surface area contributed by atoms with Crippen molar-refractivity contribution in [2.24, 2.45) is 0 Å². The largest absolute Gasteiger partial charge is 0.468 e. The monoisotopic (exact) mass is 262 g/mol. The number of esters is 1. The van der Waals surface area contributed by atoms with Gasteiger partial charge in [0.2, 0.25) is 5.91 Å². The van der Waals surface area contributed by atoms with Gasteiger partial charge in [0.1, 0.15) is 6.04 Å². The van der Waals surface area contributed by atoms with Crippen molar-refractivity contribution in [2.45, 2.75) is 24.9 Å². The van der Waals surface area contributed by atoms with Crippen LogP contribution in [0.4, 0.5) is 0 Å². The van der Waals surface area contributed by atoms with Crippen LogP contribution in [0.1, 0.15) is 24.4 Å². The van der Waals surface area contributed by atoms with Crippen LogP contribution in [0.2, 0.25) is 0 Å². The number of benzene rings is 1. The Hall–Kier alpha value is -1.88. The second-order valence-corrected chi connectivity index (χ2v) is 4.59. The Balaban J connectivity index is 1.94. The van der Waals surface area contributed by atoms with Crippen molar-refractivity contribution in [1.29, 1.82) is 0 Å². The highest BCUT2D eigenvalue weighted by atomic mass is 16.5. The summed E-state index contributed by atoms with van der Waals surface area (Å²) >= 11 is 0. The fourth-order valence-electron chi connectivity index (χ4n) is 1.80. The van der Waals surface area contributed by atoms with Crippen LogP contribution in [0, 0.1) is 0 Å². The molecule has 5 nitrogen and oxygen atoms in total. The molecule has 5 heteroatoms. The fraction of sp³-hybridized carbons (Fsp3) is 0.429. The predicted octanol–water partition coefficient (Wildman–Crippen LogP) is 0.769. The average Bonchev–Trinajstić information content (AvgIpc) is 3.23. The molecule has 19 heavy (non-hydrogen) atoms. The van der Waals surface area contributed by atoms with Gasteiger partial charge in [-0.2, -0.15) is 0 Å². The molecule has 102 valence electrons. The highest BCUT2D eigenvalue weighted by Crippen LogP contribution is 2.18. The van der Waals surface area contributed by atoms with E-state index in [1.54, 1.807) is 0 Å². The first-order valence-electron chi connectivity index (χ1n) is 6.36. The summed E-state index contributed by atoms with van der Waals surface area (Å²) in [6.07, 6.45) is 2.09. The number of hydrogen-bond acceptors (Lipinski definition) is 4. The molecule has 0 saturated heterocycles. The summed E-state index contributed by atoms with van der Waals surface area (Å²) < 4.78 is 4.76. The Bertz CT molecular complexity index is 443. The molecular weight excluding hydrogens is 244 g/mol. The summed E-state index contributed by atoms with van der Waals surface area (Å²) in [5.41, 5.74) is 0.786. The van der Waals surface area contributed by atoms with Gasteiger partial charge in [-0.05, 0) is 18.4 Å². The van der Waals surface area contributed by atoms with Gasteiger partial charge in [0.05, 0.1) is 13.7 Å². The Labute approximate surface area is 112 Å². The van der Waals surface area contributed by atoms with Gasteiger partial charge in [-0.1, -0.05) is 30.3 Å². The quantitative estimate of drug-likeness (QED) is 0.743. The van der Waals surface area contributed by atoms with Gasteiger partial charge in [-0.25, -0.2) is 4.79 Å². The number of carbonyl (C=O) groups excluding carboxylic acids is 2. The van der Waals surface area contributed by atoms with Crippen LogP contribution < -0.4 is 10.6 Å². The second kappa shape index (κ2) is 6.33. The lowest BCUT2D eigenvalue weighted by atomic mass is 10.1. The fourth-order valence-corrected chi connectivity index (χ4v) is 1.80. The minimum atomic E-state index is -0.615. The van der Waals surface area contributed by atoms with E-state index in [0.717, 1.165) is 18.4 Å². The van der Waals surface area contributed by atoms with Crippen molar-refractivity contribution in [1.82, 2.24) is 10.6 Å². The van der Waals surface area contributed by atoms with E-state index in [9.17, 15) is 9.59 Å². The maximum absolute atomic E-state index is 11.7. The topological polar surface area (TPSA) is 67.4 Å². The van der Waals surface area contributed by atoms with Crippen LogP contribution in [0.25, 0.3) is 0 Å². The molecule has 1 fully saturated rings. The number of carbonyl (C=O) groups is 2. The first kappa shape index (κ1) is 13.5. The van der Waals surface area contributed by atoms with Crippen molar-refractivity contribution in [3.63, 3.8) is 0 Å². The summed E-state index contributed by atoms with van der Waals surface area (Å²) in [5.74, 6) is -0.488. The lowest BCUT2D eigenvalue weighted by molar-refractivity contribution is -0.143. The maximum Gasteiger partial charge on any atom is 0.327 e. The molecule has 2 rings (SSSR count). The lowest BCUT2D eigenvalue weighted by Crippen LogP contribution is -2.39. The first-order chi connectivity index (χ1) is 9.20. The van der Waals surface area contributed by atoms with E-state index in [1.165, 1.54) is 7.11 Å². The van der Waals surface area contributed by atoms with Crippen LogP contribution >= 0.6 is 0 Å². The Morgan fingerprint density at radius 1 is 1.32 bits per heavy atom. The molecule has 0 heterocycles. The minimum Gasteiger partial charge on any atom is -0.468 e. The molecule has 1 aromatic rings. The average molecular weight is 262 g/mol. The number of amides is 1. The summed E-state index contributed by atoms with van der Waals surface area (Å²) in [4.78, 5) is 23.4. The molecule has 1 unspecified atom stereocenters. The van der Waals surface area contributed by atoms with Crippen molar-refractivity contribution >= 4 is 11.9 Å². The van der Waals surface area contributed by atoms with Crippen molar-refractivity contribution < 1.29 is 14.3 Å². The van der Waals surface area contributed by atoms with Crippen molar-refractivity contribution in [3.8, 4) is 0 Å². The van der Waals surface area contributed by atoms with Gasteiger partial charge >= 0.3 is 5.97 Å². The van der Waals surface area contributed by atoms with Gasteiger partial charge in [0, 0.05) is 6.04 Å². The van der Waals surface area contributed by atoms with E-state index in [4.69, 9.17) is 4.74 Å². The number of rotatable bonds is 6. The normalized spacial score (nSPS) is 15.6. The van der Waals surface area contributed by atoms with E-state index >= 15 is 0 Å². The van der Waals surface area contributed by atoms with E-state index in [1.807, 2.05) is 30.3 Å². The van der Waals surface area contributed by atoms with Crippen LogP contribution in [-0.4, -0.2) is 31.6 Å². The van der Waals surface area contributed by atoms with Gasteiger partial charge < -0.3 is 10.1 Å². The molecule has 1 atom stereocenters. The molecule has 1 aliphatic carbocycles. The summed E-state index contributed by atoms with van der Waals surface area (Å²) in [6, 6.07) is 8.92. The molecule has 0 aliphatic heterocycles. The van der Waals surface area contributed by atoms with E-state index in [0.29, 0.717) is 6.04 Å². The molecule has 1 amide bonds. The minimum absolute atomic E-state index is 0.0904. The molecule has 0 aromatic heterocycles. The zero-order chi connectivity index (χ0) is 13.7. The highest BCUT2D eigenvalue weighted by molar-refractivity contribution is 5.81. The lowest BCUT2D eigenvalue weighted by Gasteiger charge is -2.16. The molecule has 0 bridgehead atoms.